The van der Waals surface area contributed by atoms with Gasteiger partial charge in [0.05, 0.1) is 0 Å². The van der Waals surface area contributed by atoms with Crippen molar-refractivity contribution in [3.63, 3.8) is 0 Å². The summed E-state index contributed by atoms with van der Waals surface area (Å²) in [6.45, 7) is 2.41. The topological polar surface area (TPSA) is 49.3 Å². The third-order valence-electron chi connectivity index (χ3n) is 2.45. The molecular weight excluding hydrogens is 289 g/mol. The number of rotatable bonds is 6. The van der Waals surface area contributed by atoms with E-state index in [1.807, 2.05) is 6.92 Å². The van der Waals surface area contributed by atoms with E-state index in [0.29, 0.717) is 23.0 Å². The minimum absolute atomic E-state index is 0.128. The lowest BCUT2D eigenvalue weighted by Gasteiger charge is -2.14. The molecule has 0 bridgehead atoms. The van der Waals surface area contributed by atoms with Crippen LogP contribution in [0.1, 0.15) is 31.4 Å². The number of benzene rings is 1. The average Bonchev–Trinajstić information content (AvgIpc) is 2.23. The molecule has 0 heterocycles. The van der Waals surface area contributed by atoms with Crippen molar-refractivity contribution in [2.45, 2.75) is 25.8 Å². The zero-order chi connectivity index (χ0) is 12.8. The first-order valence-corrected chi connectivity index (χ1v) is 6.20. The highest BCUT2D eigenvalue weighted by Crippen LogP contribution is 2.20. The Bertz CT molecular complexity index is 398. The fourth-order valence-corrected chi connectivity index (χ4v) is 1.85. The zero-order valence-electron chi connectivity index (χ0n) is 9.54. The maximum Gasteiger partial charge on any atom is 0.303 e. The van der Waals surface area contributed by atoms with Crippen molar-refractivity contribution in [2.75, 3.05) is 6.54 Å². The first-order chi connectivity index (χ1) is 8.00. The average molecular weight is 304 g/mol. The molecule has 1 unspecified atom stereocenters. The van der Waals surface area contributed by atoms with Gasteiger partial charge in [0, 0.05) is 22.5 Å². The van der Waals surface area contributed by atoms with Gasteiger partial charge < -0.3 is 10.4 Å². The van der Waals surface area contributed by atoms with E-state index < -0.39 is 5.97 Å². The Morgan fingerprint density at radius 3 is 2.88 bits per heavy atom. The Morgan fingerprint density at radius 1 is 1.59 bits per heavy atom. The van der Waals surface area contributed by atoms with Gasteiger partial charge in [-0.25, -0.2) is 4.39 Å². The van der Waals surface area contributed by atoms with Crippen molar-refractivity contribution < 1.29 is 14.3 Å². The van der Waals surface area contributed by atoms with Gasteiger partial charge in [-0.1, -0.05) is 22.0 Å². The molecule has 0 fully saturated rings. The molecule has 1 aromatic rings. The largest absolute Gasteiger partial charge is 0.481 e. The van der Waals surface area contributed by atoms with Crippen molar-refractivity contribution in [3.8, 4) is 0 Å². The van der Waals surface area contributed by atoms with E-state index >= 15 is 0 Å². The number of carboxylic acids is 1. The molecule has 0 saturated heterocycles. The number of hydrogen-bond acceptors (Lipinski definition) is 2. The molecule has 0 aliphatic heterocycles. The third kappa shape index (κ3) is 4.83. The number of nitrogens with one attached hydrogen (secondary N) is 1. The standard InChI is InChI=1S/C12H15BrFNO2/c1-8(15-6-2-3-12(16)17)10-5-4-9(13)7-11(10)14/h4-5,7-8,15H,2-3,6H2,1H3,(H,16,17). The first-order valence-electron chi connectivity index (χ1n) is 5.41. The van der Waals surface area contributed by atoms with Crippen LogP contribution in [0.25, 0.3) is 0 Å². The van der Waals surface area contributed by atoms with Crippen LogP contribution in [0.15, 0.2) is 22.7 Å². The first kappa shape index (κ1) is 14.1. The van der Waals surface area contributed by atoms with Gasteiger partial charge >= 0.3 is 5.97 Å². The van der Waals surface area contributed by atoms with Crippen LogP contribution in [0.2, 0.25) is 0 Å². The van der Waals surface area contributed by atoms with Crippen molar-refractivity contribution in [2.24, 2.45) is 0 Å². The second-order valence-electron chi connectivity index (χ2n) is 3.84. The van der Waals surface area contributed by atoms with Gasteiger partial charge in [0.2, 0.25) is 0 Å². The van der Waals surface area contributed by atoms with Crippen LogP contribution >= 0.6 is 15.9 Å². The predicted octanol–water partition coefficient (Wildman–Crippen LogP) is 3.10. The Hall–Kier alpha value is -0.940. The monoisotopic (exact) mass is 303 g/mol. The molecule has 1 rings (SSSR count). The summed E-state index contributed by atoms with van der Waals surface area (Å²) in [4.78, 5) is 10.3. The van der Waals surface area contributed by atoms with E-state index in [4.69, 9.17) is 5.11 Å². The molecule has 0 amide bonds. The summed E-state index contributed by atoms with van der Waals surface area (Å²) < 4.78 is 14.3. The van der Waals surface area contributed by atoms with Crippen molar-refractivity contribution in [3.05, 3.63) is 34.1 Å². The third-order valence-corrected chi connectivity index (χ3v) is 2.94. The van der Waals surface area contributed by atoms with Crippen molar-refractivity contribution >= 4 is 21.9 Å². The molecule has 3 nitrogen and oxygen atoms in total. The summed E-state index contributed by atoms with van der Waals surface area (Å²) >= 11 is 3.20. The van der Waals surface area contributed by atoms with Crippen molar-refractivity contribution in [1.29, 1.82) is 0 Å². The summed E-state index contributed by atoms with van der Waals surface area (Å²) in [5.74, 6) is -1.08. The zero-order valence-corrected chi connectivity index (χ0v) is 11.1. The minimum atomic E-state index is -0.811. The van der Waals surface area contributed by atoms with Crippen LogP contribution in [0, 0.1) is 5.82 Å². The Kier molecular flexibility index (Phi) is 5.58. The number of carboxylic acid groups (broad SMARTS) is 1. The van der Waals surface area contributed by atoms with E-state index in [1.165, 1.54) is 6.07 Å². The van der Waals surface area contributed by atoms with Crippen LogP contribution in [0.3, 0.4) is 0 Å². The predicted molar refractivity (Wildman–Crippen MR) is 67.4 cm³/mol. The number of hydrogen-bond donors (Lipinski definition) is 2. The lowest BCUT2D eigenvalue weighted by molar-refractivity contribution is -0.137. The number of carbonyl (C=O) groups is 1. The molecule has 0 aromatic heterocycles. The van der Waals surface area contributed by atoms with Gasteiger partial charge in [-0.3, -0.25) is 4.79 Å². The van der Waals surface area contributed by atoms with E-state index in [1.54, 1.807) is 12.1 Å². The quantitative estimate of drug-likeness (QED) is 0.794. The lowest BCUT2D eigenvalue weighted by atomic mass is 10.1. The molecular formula is C12H15BrFNO2. The molecule has 5 heteroatoms. The summed E-state index contributed by atoms with van der Waals surface area (Å²) in [6.07, 6.45) is 0.667. The van der Waals surface area contributed by atoms with Crippen LogP contribution in [0.4, 0.5) is 4.39 Å². The normalized spacial score (nSPS) is 12.4. The van der Waals surface area contributed by atoms with Gasteiger partial charge in [0.1, 0.15) is 5.82 Å². The maximum atomic E-state index is 13.6. The fraction of sp³-hybridized carbons (Fsp3) is 0.417. The molecule has 0 aliphatic carbocycles. The minimum Gasteiger partial charge on any atom is -0.481 e. The van der Waals surface area contributed by atoms with Crippen molar-refractivity contribution in [1.82, 2.24) is 5.32 Å². The molecule has 1 aromatic carbocycles. The van der Waals surface area contributed by atoms with Gasteiger partial charge in [-0.05, 0) is 32.0 Å². The molecule has 0 radical (unpaired) electrons. The van der Waals surface area contributed by atoms with E-state index in [2.05, 4.69) is 21.2 Å². The SMILES string of the molecule is CC(NCCCC(=O)O)c1ccc(Br)cc1F. The van der Waals surface area contributed by atoms with Crippen LogP contribution in [-0.2, 0) is 4.79 Å². The van der Waals surface area contributed by atoms with Gasteiger partial charge in [-0.2, -0.15) is 0 Å². The van der Waals surface area contributed by atoms with Gasteiger partial charge in [-0.15, -0.1) is 0 Å². The highest BCUT2D eigenvalue weighted by Gasteiger charge is 2.10. The Morgan fingerprint density at radius 2 is 2.29 bits per heavy atom. The molecule has 0 aliphatic rings. The molecule has 2 N–H and O–H groups in total. The molecule has 0 saturated carbocycles. The summed E-state index contributed by atoms with van der Waals surface area (Å²) in [5, 5.41) is 11.6. The second kappa shape index (κ2) is 6.71. The summed E-state index contributed by atoms with van der Waals surface area (Å²) in [5.41, 5.74) is 0.587. The summed E-state index contributed by atoms with van der Waals surface area (Å²) in [6, 6.07) is 4.80. The van der Waals surface area contributed by atoms with E-state index in [9.17, 15) is 9.18 Å². The highest BCUT2D eigenvalue weighted by molar-refractivity contribution is 9.10. The highest BCUT2D eigenvalue weighted by atomic mass is 79.9. The maximum absolute atomic E-state index is 13.6. The second-order valence-corrected chi connectivity index (χ2v) is 4.75. The summed E-state index contributed by atoms with van der Waals surface area (Å²) in [7, 11) is 0. The van der Waals surface area contributed by atoms with Gasteiger partial charge in [0.25, 0.3) is 0 Å². The Balaban J connectivity index is 2.46. The Labute approximate surface area is 108 Å². The van der Waals surface area contributed by atoms with Crippen LogP contribution in [-0.4, -0.2) is 17.6 Å². The number of halogens is 2. The molecule has 0 spiro atoms. The lowest BCUT2D eigenvalue weighted by Crippen LogP contribution is -2.21. The molecule has 94 valence electrons. The van der Waals surface area contributed by atoms with E-state index in [0.717, 1.165) is 0 Å². The molecule has 17 heavy (non-hydrogen) atoms. The smallest absolute Gasteiger partial charge is 0.303 e. The van der Waals surface area contributed by atoms with Gasteiger partial charge in [0.15, 0.2) is 0 Å². The van der Waals surface area contributed by atoms with E-state index in [-0.39, 0.29) is 18.3 Å². The van der Waals surface area contributed by atoms with Crippen LogP contribution < -0.4 is 5.32 Å². The molecule has 1 atom stereocenters. The fourth-order valence-electron chi connectivity index (χ4n) is 1.52. The van der Waals surface area contributed by atoms with Crippen LogP contribution in [0.5, 0.6) is 0 Å². The number of aliphatic carboxylic acids is 1.